The maximum absolute atomic E-state index is 11.1. The molecule has 0 saturated carbocycles. The molecular weight excluding hydrogens is 256 g/mol. The number of rotatable bonds is 3. The number of hydrogen-bond acceptors (Lipinski definition) is 5. The van der Waals surface area contributed by atoms with Crippen LogP contribution in [0.25, 0.3) is 0 Å². The van der Waals surface area contributed by atoms with Crippen LogP contribution in [-0.2, 0) is 11.2 Å². The van der Waals surface area contributed by atoms with Crippen LogP contribution >= 0.6 is 0 Å². The first-order valence-corrected chi connectivity index (χ1v) is 6.59. The highest BCUT2D eigenvalue weighted by atomic mass is 16.5. The van der Waals surface area contributed by atoms with Crippen molar-refractivity contribution < 1.29 is 9.32 Å². The summed E-state index contributed by atoms with van der Waals surface area (Å²) in [5.74, 6) is 1.16. The van der Waals surface area contributed by atoms with E-state index in [2.05, 4.69) is 39.8 Å². The van der Waals surface area contributed by atoms with E-state index in [-0.39, 0.29) is 18.5 Å². The number of carbonyl (C=O) groups is 1. The first-order chi connectivity index (χ1) is 9.70. The topological polar surface area (TPSA) is 80.0 Å². The molecule has 1 atom stereocenters. The number of nitrogens with zero attached hydrogens (tertiary/aromatic N) is 2. The Balaban J connectivity index is 1.69. The molecule has 0 spiro atoms. The van der Waals surface area contributed by atoms with Crippen molar-refractivity contribution in [1.82, 2.24) is 20.8 Å². The van der Waals surface area contributed by atoms with Crippen molar-refractivity contribution in [1.29, 1.82) is 0 Å². The molecule has 6 nitrogen and oxygen atoms in total. The van der Waals surface area contributed by atoms with Crippen molar-refractivity contribution in [3.05, 3.63) is 47.1 Å². The lowest BCUT2D eigenvalue weighted by Gasteiger charge is -2.20. The second kappa shape index (κ2) is 5.42. The van der Waals surface area contributed by atoms with Gasteiger partial charge in [0, 0.05) is 13.0 Å². The van der Waals surface area contributed by atoms with Crippen LogP contribution in [0.15, 0.2) is 28.8 Å². The maximum Gasteiger partial charge on any atom is 0.245 e. The number of aryl methyl sites for hydroxylation is 1. The Hall–Kier alpha value is -2.21. The quantitative estimate of drug-likeness (QED) is 0.861. The van der Waals surface area contributed by atoms with Gasteiger partial charge >= 0.3 is 0 Å². The minimum Gasteiger partial charge on any atom is -0.353 e. The molecule has 1 unspecified atom stereocenters. The minimum atomic E-state index is -0.105. The van der Waals surface area contributed by atoms with Crippen LogP contribution in [0.1, 0.15) is 28.9 Å². The smallest absolute Gasteiger partial charge is 0.245 e. The number of piperazine rings is 1. The zero-order valence-corrected chi connectivity index (χ0v) is 11.2. The predicted octanol–water partition coefficient (Wildman–Crippen LogP) is 0.729. The fourth-order valence-electron chi connectivity index (χ4n) is 2.23. The first kappa shape index (κ1) is 12.8. The number of hydrogen-bond donors (Lipinski definition) is 2. The third-order valence-electron chi connectivity index (χ3n) is 3.24. The molecule has 1 aliphatic heterocycles. The van der Waals surface area contributed by atoms with Crippen LogP contribution in [0, 0.1) is 6.92 Å². The number of nitrogens with one attached hydrogen (secondary N) is 2. The van der Waals surface area contributed by atoms with Crippen LogP contribution in [-0.4, -0.2) is 29.1 Å². The third-order valence-corrected chi connectivity index (χ3v) is 3.24. The average molecular weight is 272 g/mol. The van der Waals surface area contributed by atoms with E-state index >= 15 is 0 Å². The Labute approximate surface area is 116 Å². The van der Waals surface area contributed by atoms with Gasteiger partial charge < -0.3 is 9.84 Å². The Kier molecular flexibility index (Phi) is 3.47. The Morgan fingerprint density at radius 1 is 1.45 bits per heavy atom. The molecule has 104 valence electrons. The number of benzene rings is 1. The van der Waals surface area contributed by atoms with Crippen molar-refractivity contribution in [3.8, 4) is 0 Å². The molecule has 1 saturated heterocycles. The molecule has 1 aromatic carbocycles. The molecule has 0 radical (unpaired) electrons. The molecule has 2 aromatic rings. The van der Waals surface area contributed by atoms with E-state index in [0.717, 1.165) is 5.56 Å². The molecule has 1 aliphatic rings. The lowest BCUT2D eigenvalue weighted by Crippen LogP contribution is -2.47. The molecule has 6 heteroatoms. The SMILES string of the molecule is Cc1cccc(Cc2noc(C3CNC(=O)CN3)n2)c1. The summed E-state index contributed by atoms with van der Waals surface area (Å²) in [6.45, 7) is 2.81. The largest absolute Gasteiger partial charge is 0.353 e. The maximum atomic E-state index is 11.1. The number of carbonyl (C=O) groups excluding carboxylic acids is 1. The molecule has 0 bridgehead atoms. The van der Waals surface area contributed by atoms with Gasteiger partial charge in [-0.15, -0.1) is 0 Å². The van der Waals surface area contributed by atoms with Gasteiger partial charge in [-0.3, -0.25) is 10.1 Å². The van der Waals surface area contributed by atoms with Gasteiger partial charge in [0.2, 0.25) is 11.8 Å². The van der Waals surface area contributed by atoms with Gasteiger partial charge in [-0.2, -0.15) is 4.98 Å². The van der Waals surface area contributed by atoms with Crippen LogP contribution < -0.4 is 10.6 Å². The van der Waals surface area contributed by atoms with Crippen molar-refractivity contribution >= 4 is 5.91 Å². The highest BCUT2D eigenvalue weighted by molar-refractivity contribution is 5.78. The molecular formula is C14H16N4O2. The Morgan fingerprint density at radius 2 is 2.35 bits per heavy atom. The molecule has 20 heavy (non-hydrogen) atoms. The van der Waals surface area contributed by atoms with Gasteiger partial charge in [-0.1, -0.05) is 35.0 Å². The van der Waals surface area contributed by atoms with Crippen molar-refractivity contribution in [2.24, 2.45) is 0 Å². The Morgan fingerprint density at radius 3 is 3.10 bits per heavy atom. The van der Waals surface area contributed by atoms with E-state index in [1.165, 1.54) is 5.56 Å². The van der Waals surface area contributed by atoms with Crippen molar-refractivity contribution in [2.75, 3.05) is 13.1 Å². The zero-order valence-electron chi connectivity index (χ0n) is 11.2. The van der Waals surface area contributed by atoms with E-state index in [4.69, 9.17) is 4.52 Å². The van der Waals surface area contributed by atoms with E-state index < -0.39 is 0 Å². The summed E-state index contributed by atoms with van der Waals surface area (Å²) in [7, 11) is 0. The third kappa shape index (κ3) is 2.85. The lowest BCUT2D eigenvalue weighted by atomic mass is 10.1. The highest BCUT2D eigenvalue weighted by Crippen LogP contribution is 2.14. The summed E-state index contributed by atoms with van der Waals surface area (Å²) in [6, 6.07) is 8.12. The molecule has 3 rings (SSSR count). The van der Waals surface area contributed by atoms with E-state index in [1.54, 1.807) is 0 Å². The van der Waals surface area contributed by atoms with Gasteiger partial charge in [0.1, 0.15) is 6.04 Å². The second-order valence-electron chi connectivity index (χ2n) is 4.95. The number of aromatic nitrogens is 2. The van der Waals surface area contributed by atoms with Crippen LogP contribution in [0.3, 0.4) is 0 Å². The fraction of sp³-hybridized carbons (Fsp3) is 0.357. The van der Waals surface area contributed by atoms with Crippen molar-refractivity contribution in [2.45, 2.75) is 19.4 Å². The minimum absolute atomic E-state index is 0.0132. The summed E-state index contributed by atoms with van der Waals surface area (Å²) in [5, 5.41) is 9.83. The molecule has 1 amide bonds. The standard InChI is InChI=1S/C14H16N4O2/c1-9-3-2-4-10(5-9)6-12-17-14(20-18-12)11-7-16-13(19)8-15-11/h2-5,11,15H,6-8H2,1H3,(H,16,19). The molecule has 2 heterocycles. The number of amides is 1. The second-order valence-corrected chi connectivity index (χ2v) is 4.95. The summed E-state index contributed by atoms with van der Waals surface area (Å²) < 4.78 is 5.27. The Bertz CT molecular complexity index is 613. The van der Waals surface area contributed by atoms with E-state index in [1.807, 2.05) is 12.1 Å². The summed E-state index contributed by atoms with van der Waals surface area (Å²) in [5.41, 5.74) is 2.37. The fourth-order valence-corrected chi connectivity index (χ4v) is 2.23. The summed E-state index contributed by atoms with van der Waals surface area (Å²) in [6.07, 6.45) is 0.643. The molecule has 1 aromatic heterocycles. The first-order valence-electron chi connectivity index (χ1n) is 6.59. The van der Waals surface area contributed by atoms with Crippen molar-refractivity contribution in [3.63, 3.8) is 0 Å². The van der Waals surface area contributed by atoms with Crippen LogP contribution in [0.2, 0.25) is 0 Å². The van der Waals surface area contributed by atoms with Gasteiger partial charge in [-0.05, 0) is 12.5 Å². The lowest BCUT2D eigenvalue weighted by molar-refractivity contribution is -0.121. The predicted molar refractivity (Wildman–Crippen MR) is 72.0 cm³/mol. The van der Waals surface area contributed by atoms with Gasteiger partial charge in [0.05, 0.1) is 6.54 Å². The van der Waals surface area contributed by atoms with Crippen LogP contribution in [0.5, 0.6) is 0 Å². The zero-order chi connectivity index (χ0) is 13.9. The monoisotopic (exact) mass is 272 g/mol. The van der Waals surface area contributed by atoms with E-state index in [0.29, 0.717) is 24.7 Å². The van der Waals surface area contributed by atoms with Gasteiger partial charge in [0.25, 0.3) is 0 Å². The molecule has 2 N–H and O–H groups in total. The van der Waals surface area contributed by atoms with Gasteiger partial charge in [-0.25, -0.2) is 0 Å². The molecule has 1 fully saturated rings. The van der Waals surface area contributed by atoms with Gasteiger partial charge in [0.15, 0.2) is 5.82 Å². The average Bonchev–Trinajstić information content (AvgIpc) is 2.88. The van der Waals surface area contributed by atoms with Crippen LogP contribution in [0.4, 0.5) is 0 Å². The molecule has 0 aliphatic carbocycles. The highest BCUT2D eigenvalue weighted by Gasteiger charge is 2.23. The summed E-state index contributed by atoms with van der Waals surface area (Å²) in [4.78, 5) is 15.5. The normalized spacial score (nSPS) is 18.9. The summed E-state index contributed by atoms with van der Waals surface area (Å²) >= 11 is 0. The van der Waals surface area contributed by atoms with E-state index in [9.17, 15) is 4.79 Å².